The van der Waals surface area contributed by atoms with Gasteiger partial charge in [-0.3, -0.25) is 0 Å². The van der Waals surface area contributed by atoms with Crippen LogP contribution in [0.4, 0.5) is 0 Å². The molecule has 0 rings (SSSR count). The average Bonchev–Trinajstić information content (AvgIpc) is 2.85. The first-order valence-corrected chi connectivity index (χ1v) is 16.1. The van der Waals surface area contributed by atoms with Crippen LogP contribution < -0.4 is 0 Å². The van der Waals surface area contributed by atoms with Gasteiger partial charge in [-0.15, -0.1) is 0 Å². The zero-order chi connectivity index (χ0) is 24.8. The molecule has 0 fully saturated rings. The number of aliphatic hydroxyl groups excluding tert-OH is 1. The van der Waals surface area contributed by atoms with Crippen molar-refractivity contribution >= 4 is 0 Å². The number of aliphatic hydroxyl groups is 1. The molecule has 2 heteroatoms. The van der Waals surface area contributed by atoms with Crippen molar-refractivity contribution < 1.29 is 9.84 Å². The molecule has 0 radical (unpaired) electrons. The fourth-order valence-electron chi connectivity index (χ4n) is 4.99. The third-order valence-corrected chi connectivity index (χ3v) is 7.43. The van der Waals surface area contributed by atoms with E-state index < -0.39 is 0 Å². The Kier molecular flexibility index (Phi) is 30.9. The van der Waals surface area contributed by atoms with Crippen LogP contribution in [-0.4, -0.2) is 24.4 Å². The third-order valence-electron chi connectivity index (χ3n) is 7.43. The number of hydrogen-bond acceptors (Lipinski definition) is 2. The van der Waals surface area contributed by atoms with Crippen LogP contribution in [-0.2, 0) is 4.74 Å². The van der Waals surface area contributed by atoms with Crippen LogP contribution in [0.1, 0.15) is 187 Å². The first kappa shape index (κ1) is 33.9. The maximum atomic E-state index is 9.60. The van der Waals surface area contributed by atoms with Crippen molar-refractivity contribution in [2.24, 2.45) is 0 Å². The second kappa shape index (κ2) is 31.0. The quantitative estimate of drug-likeness (QED) is 0.103. The van der Waals surface area contributed by atoms with Crippen LogP contribution in [0.5, 0.6) is 0 Å². The summed E-state index contributed by atoms with van der Waals surface area (Å²) in [6.07, 6.45) is 37.2. The van der Waals surface area contributed by atoms with Crippen LogP contribution in [0.2, 0.25) is 0 Å². The van der Waals surface area contributed by atoms with Crippen molar-refractivity contribution in [2.45, 2.75) is 193 Å². The van der Waals surface area contributed by atoms with Crippen molar-refractivity contribution in [3.8, 4) is 0 Å². The Bertz CT molecular complexity index is 344. The van der Waals surface area contributed by atoms with Gasteiger partial charge in [0.15, 0.2) is 0 Å². The number of rotatable bonds is 30. The Balaban J connectivity index is 3.26. The smallest absolute Gasteiger partial charge is 0.0805 e. The monoisotopic (exact) mass is 483 g/mol. The van der Waals surface area contributed by atoms with Gasteiger partial charge in [0.2, 0.25) is 0 Å². The van der Waals surface area contributed by atoms with Gasteiger partial charge in [0, 0.05) is 6.61 Å². The van der Waals surface area contributed by atoms with E-state index in [1.54, 1.807) is 0 Å². The molecule has 34 heavy (non-hydrogen) atoms. The van der Waals surface area contributed by atoms with E-state index in [4.69, 9.17) is 4.74 Å². The van der Waals surface area contributed by atoms with Gasteiger partial charge in [-0.05, 0) is 12.8 Å². The SMILES string of the molecule is CCCCCCCCCCCCCCCCC(CO)OCCCCCCCCCCCCCC. The summed E-state index contributed by atoms with van der Waals surface area (Å²) in [5, 5.41) is 9.60. The summed E-state index contributed by atoms with van der Waals surface area (Å²) in [6.45, 7) is 5.60. The standard InChI is InChI=1S/C32H66O2/c1-3-5-7-9-11-13-15-17-18-19-21-23-25-27-29-32(31-33)34-30-28-26-24-22-20-16-14-12-10-8-6-4-2/h32-33H,3-31H2,1-2H3. The van der Waals surface area contributed by atoms with Crippen molar-refractivity contribution in [3.63, 3.8) is 0 Å². The Morgan fingerprint density at radius 1 is 0.412 bits per heavy atom. The molecule has 1 N–H and O–H groups in total. The van der Waals surface area contributed by atoms with Crippen molar-refractivity contribution in [1.29, 1.82) is 0 Å². The summed E-state index contributed by atoms with van der Waals surface area (Å²) in [5.41, 5.74) is 0. The van der Waals surface area contributed by atoms with E-state index in [1.165, 1.54) is 161 Å². The molecule has 0 aromatic rings. The molecule has 0 bridgehead atoms. The molecular weight excluding hydrogens is 416 g/mol. The minimum Gasteiger partial charge on any atom is -0.394 e. The summed E-state index contributed by atoms with van der Waals surface area (Å²) < 4.78 is 5.95. The Hall–Kier alpha value is -0.0800. The van der Waals surface area contributed by atoms with Gasteiger partial charge < -0.3 is 9.84 Å². The lowest BCUT2D eigenvalue weighted by molar-refractivity contribution is 0.00497. The Labute approximate surface area is 216 Å². The van der Waals surface area contributed by atoms with Crippen LogP contribution in [0.15, 0.2) is 0 Å². The van der Waals surface area contributed by atoms with E-state index in [1.807, 2.05) is 0 Å². The highest BCUT2D eigenvalue weighted by atomic mass is 16.5. The molecule has 206 valence electrons. The molecule has 2 nitrogen and oxygen atoms in total. The van der Waals surface area contributed by atoms with Gasteiger partial charge in [0.25, 0.3) is 0 Å². The molecule has 0 spiro atoms. The van der Waals surface area contributed by atoms with E-state index in [0.717, 1.165) is 19.4 Å². The highest BCUT2D eigenvalue weighted by molar-refractivity contribution is 4.58. The number of unbranched alkanes of at least 4 members (excludes halogenated alkanes) is 24. The summed E-state index contributed by atoms with van der Waals surface area (Å²) in [5.74, 6) is 0. The van der Waals surface area contributed by atoms with Gasteiger partial charge in [0.05, 0.1) is 12.7 Å². The largest absolute Gasteiger partial charge is 0.394 e. The zero-order valence-corrected chi connectivity index (χ0v) is 23.9. The van der Waals surface area contributed by atoms with E-state index in [-0.39, 0.29) is 12.7 Å². The fraction of sp³-hybridized carbons (Fsp3) is 1.00. The maximum absolute atomic E-state index is 9.60. The molecule has 1 atom stereocenters. The van der Waals surface area contributed by atoms with E-state index in [0.29, 0.717) is 0 Å². The first-order valence-electron chi connectivity index (χ1n) is 16.1. The predicted octanol–water partition coefficient (Wildman–Crippen LogP) is 10.9. The third kappa shape index (κ3) is 28.2. The summed E-state index contributed by atoms with van der Waals surface area (Å²) >= 11 is 0. The molecule has 0 aliphatic carbocycles. The topological polar surface area (TPSA) is 29.5 Å². The molecule has 0 heterocycles. The van der Waals surface area contributed by atoms with Gasteiger partial charge in [-0.2, -0.15) is 0 Å². The average molecular weight is 483 g/mol. The number of hydrogen-bond donors (Lipinski definition) is 1. The second-order valence-electron chi connectivity index (χ2n) is 10.9. The first-order chi connectivity index (χ1) is 16.8. The lowest BCUT2D eigenvalue weighted by Crippen LogP contribution is -2.18. The van der Waals surface area contributed by atoms with E-state index in [9.17, 15) is 5.11 Å². The lowest BCUT2D eigenvalue weighted by atomic mass is 10.0. The number of ether oxygens (including phenoxy) is 1. The Morgan fingerprint density at radius 2 is 0.706 bits per heavy atom. The van der Waals surface area contributed by atoms with Crippen molar-refractivity contribution in [3.05, 3.63) is 0 Å². The summed E-state index contributed by atoms with van der Waals surface area (Å²) in [7, 11) is 0. The second-order valence-corrected chi connectivity index (χ2v) is 10.9. The van der Waals surface area contributed by atoms with Crippen LogP contribution >= 0.6 is 0 Å². The molecule has 0 amide bonds. The lowest BCUT2D eigenvalue weighted by Gasteiger charge is -2.15. The maximum Gasteiger partial charge on any atom is 0.0805 e. The van der Waals surface area contributed by atoms with Gasteiger partial charge in [0.1, 0.15) is 0 Å². The molecule has 0 aliphatic heterocycles. The minimum absolute atomic E-state index is 0.0741. The van der Waals surface area contributed by atoms with Crippen molar-refractivity contribution in [2.75, 3.05) is 13.2 Å². The van der Waals surface area contributed by atoms with Gasteiger partial charge in [-0.1, -0.05) is 174 Å². The predicted molar refractivity (Wildman–Crippen MR) is 153 cm³/mol. The fourth-order valence-corrected chi connectivity index (χ4v) is 4.99. The highest BCUT2D eigenvalue weighted by Gasteiger charge is 2.07. The normalized spacial score (nSPS) is 12.4. The van der Waals surface area contributed by atoms with Crippen LogP contribution in [0.3, 0.4) is 0 Å². The molecule has 0 aromatic carbocycles. The molecule has 1 unspecified atom stereocenters. The molecule has 0 aliphatic rings. The van der Waals surface area contributed by atoms with Crippen molar-refractivity contribution in [1.82, 2.24) is 0 Å². The minimum atomic E-state index is 0.0741. The van der Waals surface area contributed by atoms with E-state index >= 15 is 0 Å². The zero-order valence-electron chi connectivity index (χ0n) is 23.9. The molecule has 0 saturated heterocycles. The van der Waals surface area contributed by atoms with Crippen LogP contribution in [0.25, 0.3) is 0 Å². The summed E-state index contributed by atoms with van der Waals surface area (Å²) in [4.78, 5) is 0. The van der Waals surface area contributed by atoms with Crippen LogP contribution in [0, 0.1) is 0 Å². The molecular formula is C32H66O2. The Morgan fingerprint density at radius 3 is 1.03 bits per heavy atom. The molecule has 0 aromatic heterocycles. The van der Waals surface area contributed by atoms with Gasteiger partial charge in [-0.25, -0.2) is 0 Å². The van der Waals surface area contributed by atoms with Gasteiger partial charge >= 0.3 is 0 Å². The molecule has 0 saturated carbocycles. The highest BCUT2D eigenvalue weighted by Crippen LogP contribution is 2.15. The van der Waals surface area contributed by atoms with E-state index in [2.05, 4.69) is 13.8 Å². The summed E-state index contributed by atoms with van der Waals surface area (Å²) in [6, 6.07) is 0.